The summed E-state index contributed by atoms with van der Waals surface area (Å²) in [5, 5.41) is 8.63. The minimum absolute atomic E-state index is 0.0315. The molecule has 0 heterocycles. The summed E-state index contributed by atoms with van der Waals surface area (Å²) in [6, 6.07) is 5.94. The number of hydrogen-bond acceptors (Lipinski definition) is 4. The molecule has 0 atom stereocenters. The molecule has 6 heteroatoms. The number of unbranched alkanes of at least 4 members (excludes halogenated alkanes) is 1. The van der Waals surface area contributed by atoms with Crippen LogP contribution in [0, 0.1) is 0 Å². The molecule has 0 radical (unpaired) electrons. The summed E-state index contributed by atoms with van der Waals surface area (Å²) >= 11 is 0. The lowest BCUT2D eigenvalue weighted by atomic mass is 10.1. The molecule has 0 aromatic heterocycles. The summed E-state index contributed by atoms with van der Waals surface area (Å²) in [6.45, 7) is 2.14. The number of sulfonamides is 1. The number of aliphatic hydroxyl groups is 1. The first-order valence-electron chi connectivity index (χ1n) is 6.75. The first kappa shape index (κ1) is 16.8. The van der Waals surface area contributed by atoms with E-state index < -0.39 is 10.0 Å². The lowest BCUT2D eigenvalue weighted by Crippen LogP contribution is -2.25. The highest BCUT2D eigenvalue weighted by atomic mass is 32.2. The van der Waals surface area contributed by atoms with Gasteiger partial charge in [0, 0.05) is 25.1 Å². The van der Waals surface area contributed by atoms with Crippen molar-refractivity contribution in [2.45, 2.75) is 37.5 Å². The van der Waals surface area contributed by atoms with Crippen LogP contribution in [0.1, 0.15) is 43.0 Å². The van der Waals surface area contributed by atoms with Gasteiger partial charge in [-0.1, -0.05) is 25.5 Å². The molecule has 2 N–H and O–H groups in total. The molecule has 112 valence electrons. The van der Waals surface area contributed by atoms with E-state index in [2.05, 4.69) is 4.72 Å². The Morgan fingerprint density at radius 2 is 1.85 bits per heavy atom. The second-order valence-electron chi connectivity index (χ2n) is 4.53. The molecule has 0 amide bonds. The number of aliphatic hydroxyl groups excluding tert-OH is 1. The van der Waals surface area contributed by atoms with Crippen molar-refractivity contribution in [2.75, 3.05) is 13.2 Å². The van der Waals surface area contributed by atoms with E-state index in [1.165, 1.54) is 12.1 Å². The molecule has 20 heavy (non-hydrogen) atoms. The Balaban J connectivity index is 2.72. The fraction of sp³-hybridized carbons (Fsp3) is 0.500. The van der Waals surface area contributed by atoms with Crippen LogP contribution in [0.5, 0.6) is 0 Å². The maximum Gasteiger partial charge on any atom is 0.240 e. The first-order chi connectivity index (χ1) is 9.51. The number of rotatable bonds is 9. The monoisotopic (exact) mass is 299 g/mol. The predicted molar refractivity (Wildman–Crippen MR) is 77.2 cm³/mol. The summed E-state index contributed by atoms with van der Waals surface area (Å²) < 4.78 is 26.2. The second kappa shape index (κ2) is 8.14. The van der Waals surface area contributed by atoms with Crippen LogP contribution in [0.15, 0.2) is 29.2 Å². The number of Topliss-reactive ketones (excluding diaryl/α,β-unsaturated/α-hetero) is 1. The molecule has 0 aliphatic rings. The van der Waals surface area contributed by atoms with Crippen molar-refractivity contribution < 1.29 is 18.3 Å². The summed E-state index contributed by atoms with van der Waals surface area (Å²) in [5.74, 6) is 0.0315. The van der Waals surface area contributed by atoms with Crippen LogP contribution in [-0.2, 0) is 10.0 Å². The van der Waals surface area contributed by atoms with Crippen LogP contribution in [0.2, 0.25) is 0 Å². The van der Waals surface area contributed by atoms with E-state index >= 15 is 0 Å². The third kappa shape index (κ3) is 5.03. The maximum atomic E-state index is 11.9. The summed E-state index contributed by atoms with van der Waals surface area (Å²) in [7, 11) is -3.56. The molecule has 0 aliphatic carbocycles. The van der Waals surface area contributed by atoms with Crippen LogP contribution in [0.4, 0.5) is 0 Å². The van der Waals surface area contributed by atoms with E-state index in [4.69, 9.17) is 5.11 Å². The first-order valence-corrected chi connectivity index (χ1v) is 8.23. The highest BCUT2D eigenvalue weighted by Gasteiger charge is 2.14. The van der Waals surface area contributed by atoms with Gasteiger partial charge < -0.3 is 5.11 Å². The molecular formula is C14H21NO4S. The van der Waals surface area contributed by atoms with Crippen LogP contribution >= 0.6 is 0 Å². The van der Waals surface area contributed by atoms with Gasteiger partial charge in [0.15, 0.2) is 5.78 Å². The minimum Gasteiger partial charge on any atom is -0.396 e. The molecule has 0 bridgehead atoms. The average molecular weight is 299 g/mol. The molecule has 0 spiro atoms. The fourth-order valence-corrected chi connectivity index (χ4v) is 2.74. The van der Waals surface area contributed by atoms with Gasteiger partial charge in [-0.3, -0.25) is 4.79 Å². The molecule has 1 rings (SSSR count). The van der Waals surface area contributed by atoms with Crippen molar-refractivity contribution >= 4 is 15.8 Å². The maximum absolute atomic E-state index is 11.9. The highest BCUT2D eigenvalue weighted by Crippen LogP contribution is 2.13. The number of benzene rings is 1. The molecule has 0 aliphatic heterocycles. The molecule has 0 fully saturated rings. The molecule has 1 aromatic rings. The van der Waals surface area contributed by atoms with Crippen molar-refractivity contribution in [1.82, 2.24) is 4.72 Å². The van der Waals surface area contributed by atoms with E-state index in [1.54, 1.807) is 12.1 Å². The van der Waals surface area contributed by atoms with Gasteiger partial charge in [-0.05, 0) is 25.0 Å². The van der Waals surface area contributed by atoms with Crippen LogP contribution in [0.3, 0.4) is 0 Å². The largest absolute Gasteiger partial charge is 0.396 e. The highest BCUT2D eigenvalue weighted by molar-refractivity contribution is 7.89. The Morgan fingerprint density at radius 3 is 2.40 bits per heavy atom. The van der Waals surface area contributed by atoms with E-state index in [-0.39, 0.29) is 23.8 Å². The predicted octanol–water partition coefficient (Wildman–Crippen LogP) is 1.72. The zero-order valence-electron chi connectivity index (χ0n) is 11.6. The smallest absolute Gasteiger partial charge is 0.240 e. The SMILES string of the molecule is CCCCC(=O)c1ccc(S(=O)(=O)NCCCO)cc1. The zero-order valence-corrected chi connectivity index (χ0v) is 12.4. The normalized spacial score (nSPS) is 11.5. The van der Waals surface area contributed by atoms with Gasteiger partial charge in [-0.25, -0.2) is 13.1 Å². The second-order valence-corrected chi connectivity index (χ2v) is 6.29. The summed E-state index contributed by atoms with van der Waals surface area (Å²) in [5.41, 5.74) is 0.535. The molecule has 0 saturated carbocycles. The molecule has 5 nitrogen and oxygen atoms in total. The van der Waals surface area contributed by atoms with E-state index in [0.717, 1.165) is 12.8 Å². The third-order valence-electron chi connectivity index (χ3n) is 2.87. The standard InChI is InChI=1S/C14H21NO4S/c1-2-3-5-14(17)12-6-8-13(9-7-12)20(18,19)15-10-4-11-16/h6-9,15-16H,2-5,10-11H2,1H3. The molecule has 0 saturated heterocycles. The Bertz CT molecular complexity index is 523. The Labute approximate surface area is 120 Å². The van der Waals surface area contributed by atoms with E-state index in [0.29, 0.717) is 18.4 Å². The Hall–Kier alpha value is -1.24. The van der Waals surface area contributed by atoms with E-state index in [1.807, 2.05) is 6.92 Å². The van der Waals surface area contributed by atoms with Gasteiger partial charge in [0.2, 0.25) is 10.0 Å². The Kier molecular flexibility index (Phi) is 6.84. The van der Waals surface area contributed by atoms with Crippen LogP contribution < -0.4 is 4.72 Å². The number of carbonyl (C=O) groups excluding carboxylic acids is 1. The number of nitrogens with one attached hydrogen (secondary N) is 1. The van der Waals surface area contributed by atoms with Crippen molar-refractivity contribution in [2.24, 2.45) is 0 Å². The van der Waals surface area contributed by atoms with Gasteiger partial charge in [0.25, 0.3) is 0 Å². The quantitative estimate of drug-likeness (QED) is 0.537. The summed E-state index contributed by atoms with van der Waals surface area (Å²) in [4.78, 5) is 11.9. The number of hydrogen-bond donors (Lipinski definition) is 2. The average Bonchev–Trinajstić information content (AvgIpc) is 2.45. The molecule has 1 aromatic carbocycles. The lowest BCUT2D eigenvalue weighted by Gasteiger charge is -2.07. The van der Waals surface area contributed by atoms with Crippen LogP contribution in [0.25, 0.3) is 0 Å². The van der Waals surface area contributed by atoms with Crippen molar-refractivity contribution in [1.29, 1.82) is 0 Å². The van der Waals surface area contributed by atoms with Gasteiger partial charge >= 0.3 is 0 Å². The van der Waals surface area contributed by atoms with Crippen molar-refractivity contribution in [3.63, 3.8) is 0 Å². The summed E-state index contributed by atoms with van der Waals surface area (Å²) in [6.07, 6.45) is 2.64. The molecular weight excluding hydrogens is 278 g/mol. The topological polar surface area (TPSA) is 83.5 Å². The van der Waals surface area contributed by atoms with Gasteiger partial charge in [0.05, 0.1) is 4.90 Å². The molecule has 0 unspecified atom stereocenters. The van der Waals surface area contributed by atoms with Gasteiger partial charge in [-0.2, -0.15) is 0 Å². The van der Waals surface area contributed by atoms with Crippen LogP contribution in [-0.4, -0.2) is 32.5 Å². The van der Waals surface area contributed by atoms with Gasteiger partial charge in [-0.15, -0.1) is 0 Å². The lowest BCUT2D eigenvalue weighted by molar-refractivity contribution is 0.0979. The Morgan fingerprint density at radius 1 is 1.20 bits per heavy atom. The minimum atomic E-state index is -3.56. The number of ketones is 1. The zero-order chi connectivity index (χ0) is 15.0. The fourth-order valence-electron chi connectivity index (χ4n) is 1.67. The third-order valence-corrected chi connectivity index (χ3v) is 4.35. The van der Waals surface area contributed by atoms with Crippen molar-refractivity contribution in [3.05, 3.63) is 29.8 Å². The van der Waals surface area contributed by atoms with Crippen molar-refractivity contribution in [3.8, 4) is 0 Å². The number of carbonyl (C=O) groups is 1. The van der Waals surface area contributed by atoms with E-state index in [9.17, 15) is 13.2 Å². The van der Waals surface area contributed by atoms with Gasteiger partial charge in [0.1, 0.15) is 0 Å².